The topological polar surface area (TPSA) is 75.1 Å². The van der Waals surface area contributed by atoms with Crippen molar-refractivity contribution in [3.05, 3.63) is 46.6 Å². The summed E-state index contributed by atoms with van der Waals surface area (Å²) >= 11 is 1.50. The van der Waals surface area contributed by atoms with E-state index in [4.69, 9.17) is 0 Å². The summed E-state index contributed by atoms with van der Waals surface area (Å²) in [6.07, 6.45) is 1.38. The molecule has 24 heavy (non-hydrogen) atoms. The highest BCUT2D eigenvalue weighted by Gasteiger charge is 2.34. The van der Waals surface area contributed by atoms with Gasteiger partial charge in [0.25, 0.3) is 0 Å². The number of benzene rings is 1. The fraction of sp³-hybridized carbons (Fsp3) is 0.412. The lowest BCUT2D eigenvalue weighted by Crippen LogP contribution is -3.13. The van der Waals surface area contributed by atoms with Gasteiger partial charge in [-0.15, -0.1) is 5.10 Å². The molecule has 0 unspecified atom stereocenters. The number of likely N-dealkylation sites (tertiary alicyclic amines) is 1. The first-order valence-corrected chi connectivity index (χ1v) is 9.07. The van der Waals surface area contributed by atoms with Crippen molar-refractivity contribution in [2.24, 2.45) is 0 Å². The van der Waals surface area contributed by atoms with Crippen molar-refractivity contribution in [3.8, 4) is 5.88 Å². The fourth-order valence-electron chi connectivity index (χ4n) is 3.52. The number of nitrogens with one attached hydrogen (secondary N) is 1. The summed E-state index contributed by atoms with van der Waals surface area (Å²) < 4.78 is 1.53. The van der Waals surface area contributed by atoms with Crippen LogP contribution in [0.5, 0.6) is 5.88 Å². The molecule has 0 saturated carbocycles. The molecule has 7 heteroatoms. The van der Waals surface area contributed by atoms with Gasteiger partial charge in [-0.25, -0.2) is 4.98 Å². The molecule has 3 N–H and O–H groups in total. The quantitative estimate of drug-likeness (QED) is 0.660. The fourth-order valence-corrected chi connectivity index (χ4v) is 4.70. The van der Waals surface area contributed by atoms with Crippen molar-refractivity contribution in [3.63, 3.8) is 0 Å². The molecule has 1 aromatic carbocycles. The van der Waals surface area contributed by atoms with Gasteiger partial charge < -0.3 is 15.1 Å². The Morgan fingerprint density at radius 2 is 1.96 bits per heavy atom. The van der Waals surface area contributed by atoms with E-state index in [2.05, 4.69) is 22.2 Å². The Bertz CT molecular complexity index is 837. The number of nitrogens with zero attached hydrogens (tertiary/aromatic N) is 3. The molecular weight excluding hydrogens is 324 g/mol. The summed E-state index contributed by atoms with van der Waals surface area (Å²) in [5, 5.41) is 24.8. The lowest BCUT2D eigenvalue weighted by atomic mass is 9.99. The van der Waals surface area contributed by atoms with Crippen molar-refractivity contribution < 1.29 is 15.1 Å². The highest BCUT2D eigenvalue weighted by molar-refractivity contribution is 7.17. The van der Waals surface area contributed by atoms with Gasteiger partial charge in [-0.05, 0) is 6.92 Å². The Morgan fingerprint density at radius 3 is 2.62 bits per heavy atom. The number of fused-ring (bicyclic) bond motifs is 1. The molecule has 0 bridgehead atoms. The maximum atomic E-state index is 10.7. The first-order valence-electron chi connectivity index (χ1n) is 8.26. The van der Waals surface area contributed by atoms with Gasteiger partial charge in [0.1, 0.15) is 10.7 Å². The standard InChI is InChI=1S/C17H20N4O2S/c1-11-18-17-21(19-11)16(23)15(24-17)14(12-5-3-2-4-6-12)20-9-7-13(22)8-10-20/h2-6,13-14,22-23H,7-10H2,1H3/p+1/t14-/m1/s1. The number of piperidine rings is 1. The van der Waals surface area contributed by atoms with E-state index in [0.29, 0.717) is 5.82 Å². The average molecular weight is 345 g/mol. The van der Waals surface area contributed by atoms with Crippen molar-refractivity contribution >= 4 is 16.3 Å². The number of hydrogen-bond donors (Lipinski definition) is 3. The second kappa shape index (κ2) is 6.16. The van der Waals surface area contributed by atoms with Crippen molar-refractivity contribution in [1.29, 1.82) is 0 Å². The smallest absolute Gasteiger partial charge is 0.235 e. The van der Waals surface area contributed by atoms with Crippen LogP contribution in [-0.4, -0.2) is 44.0 Å². The van der Waals surface area contributed by atoms with Crippen LogP contribution < -0.4 is 4.90 Å². The number of thiazole rings is 1. The molecule has 0 aliphatic carbocycles. The third-order valence-electron chi connectivity index (χ3n) is 4.71. The zero-order valence-electron chi connectivity index (χ0n) is 13.5. The van der Waals surface area contributed by atoms with Crippen LogP contribution in [-0.2, 0) is 0 Å². The molecule has 0 radical (unpaired) electrons. The zero-order valence-corrected chi connectivity index (χ0v) is 14.3. The van der Waals surface area contributed by atoms with Crippen molar-refractivity contribution in [2.75, 3.05) is 13.1 Å². The van der Waals surface area contributed by atoms with Gasteiger partial charge in [0.05, 0.1) is 19.2 Å². The predicted molar refractivity (Wildman–Crippen MR) is 91.5 cm³/mol. The monoisotopic (exact) mass is 345 g/mol. The molecule has 1 atom stereocenters. The van der Waals surface area contributed by atoms with E-state index in [0.717, 1.165) is 35.8 Å². The van der Waals surface area contributed by atoms with Crippen LogP contribution in [0.1, 0.15) is 35.1 Å². The van der Waals surface area contributed by atoms with Crippen LogP contribution in [0.25, 0.3) is 4.96 Å². The molecule has 1 aliphatic rings. The number of rotatable bonds is 3. The number of aromatic hydroxyl groups is 1. The molecule has 6 nitrogen and oxygen atoms in total. The highest BCUT2D eigenvalue weighted by Crippen LogP contribution is 2.35. The molecule has 1 fully saturated rings. The summed E-state index contributed by atoms with van der Waals surface area (Å²) in [6.45, 7) is 3.59. The normalized spacial score (nSPS) is 22.8. The maximum Gasteiger partial charge on any atom is 0.235 e. The zero-order chi connectivity index (χ0) is 16.7. The van der Waals surface area contributed by atoms with E-state index in [1.165, 1.54) is 26.3 Å². The van der Waals surface area contributed by atoms with Crippen LogP contribution in [0.15, 0.2) is 30.3 Å². The first kappa shape index (κ1) is 15.6. The number of aliphatic hydroxyl groups excluding tert-OH is 1. The third kappa shape index (κ3) is 2.68. The molecule has 126 valence electrons. The highest BCUT2D eigenvalue weighted by atomic mass is 32.1. The van der Waals surface area contributed by atoms with E-state index in [-0.39, 0.29) is 18.0 Å². The van der Waals surface area contributed by atoms with Gasteiger partial charge >= 0.3 is 0 Å². The van der Waals surface area contributed by atoms with Gasteiger partial charge in [-0.2, -0.15) is 4.52 Å². The van der Waals surface area contributed by atoms with E-state index in [9.17, 15) is 10.2 Å². The van der Waals surface area contributed by atoms with Crippen LogP contribution >= 0.6 is 11.3 Å². The van der Waals surface area contributed by atoms with Crippen LogP contribution in [0.3, 0.4) is 0 Å². The largest absolute Gasteiger partial charge is 0.492 e. The Balaban J connectivity index is 1.79. The van der Waals surface area contributed by atoms with Crippen LogP contribution in [0, 0.1) is 6.92 Å². The second-order valence-corrected chi connectivity index (χ2v) is 7.39. The lowest BCUT2D eigenvalue weighted by molar-refractivity contribution is -0.931. The summed E-state index contributed by atoms with van der Waals surface area (Å²) in [4.78, 5) is 7.36. The van der Waals surface area contributed by atoms with E-state index < -0.39 is 0 Å². The lowest BCUT2D eigenvalue weighted by Gasteiger charge is -2.33. The van der Waals surface area contributed by atoms with Crippen molar-refractivity contribution in [1.82, 2.24) is 14.6 Å². The molecule has 1 aliphatic heterocycles. The summed E-state index contributed by atoms with van der Waals surface area (Å²) in [7, 11) is 0. The first-order chi connectivity index (χ1) is 11.6. The number of quaternary nitrogens is 1. The molecule has 0 spiro atoms. The molecule has 4 rings (SSSR count). The molecule has 0 amide bonds. The number of hydrogen-bond acceptors (Lipinski definition) is 5. The Kier molecular flexibility index (Phi) is 3.99. The van der Waals surface area contributed by atoms with E-state index in [1.54, 1.807) is 0 Å². The molecule has 3 aromatic rings. The molecule has 2 aromatic heterocycles. The van der Waals surface area contributed by atoms with E-state index >= 15 is 0 Å². The Labute approximate surface area is 144 Å². The van der Waals surface area contributed by atoms with Crippen LogP contribution in [0.4, 0.5) is 0 Å². The molecule has 1 saturated heterocycles. The van der Waals surface area contributed by atoms with Crippen molar-refractivity contribution in [2.45, 2.75) is 31.9 Å². The second-order valence-electron chi connectivity index (χ2n) is 6.38. The minimum atomic E-state index is -0.205. The van der Waals surface area contributed by atoms with Gasteiger partial charge in [-0.1, -0.05) is 41.7 Å². The maximum absolute atomic E-state index is 10.7. The minimum Gasteiger partial charge on any atom is -0.492 e. The molecular formula is C17H21N4O2S+. The Hall–Kier alpha value is -1.96. The van der Waals surface area contributed by atoms with Gasteiger partial charge in [0.15, 0.2) is 6.04 Å². The number of aryl methyl sites for hydroxylation is 1. The average Bonchev–Trinajstić information content (AvgIpc) is 3.09. The summed E-state index contributed by atoms with van der Waals surface area (Å²) in [5.41, 5.74) is 1.17. The summed E-state index contributed by atoms with van der Waals surface area (Å²) in [6, 6.07) is 10.3. The third-order valence-corrected chi connectivity index (χ3v) is 5.79. The number of aliphatic hydroxyl groups is 1. The number of aromatic nitrogens is 3. The van der Waals surface area contributed by atoms with E-state index in [1.807, 2.05) is 25.1 Å². The van der Waals surface area contributed by atoms with Gasteiger partial charge in [0.2, 0.25) is 10.8 Å². The van der Waals surface area contributed by atoms with Gasteiger partial charge in [0, 0.05) is 18.4 Å². The molecule has 3 heterocycles. The van der Waals surface area contributed by atoms with Crippen LogP contribution in [0.2, 0.25) is 0 Å². The predicted octanol–water partition coefficient (Wildman–Crippen LogP) is 0.934. The SMILES string of the molecule is Cc1nc2sc([C@@H](c3ccccc3)[NH+]3CCC(O)CC3)c(O)n2n1. The minimum absolute atomic E-state index is 0.0347. The van der Waals surface area contributed by atoms with Gasteiger partial charge in [-0.3, -0.25) is 0 Å². The Morgan fingerprint density at radius 1 is 1.25 bits per heavy atom. The summed E-state index contributed by atoms with van der Waals surface area (Å²) in [5.74, 6) is 0.843.